The second-order valence-electron chi connectivity index (χ2n) is 9.89. The lowest BCUT2D eigenvalue weighted by Crippen LogP contribution is -2.43. The summed E-state index contributed by atoms with van der Waals surface area (Å²) < 4.78 is 1.56. The number of aromatic amines is 2. The SMILES string of the molecule is N#CC1(C(=O)NC2CCC(Nc3nc(=NC4CC4)n4nc/c(=C/c5[nH]c(=O)[nH]c5O)c4n3)CC2)CC1. The molecule has 0 bridgehead atoms. The zero-order valence-corrected chi connectivity index (χ0v) is 19.5. The van der Waals surface area contributed by atoms with Crippen LogP contribution in [0.4, 0.5) is 5.95 Å². The van der Waals surface area contributed by atoms with Crippen LogP contribution in [0, 0.1) is 16.7 Å². The predicted octanol–water partition coefficient (Wildman–Crippen LogP) is -0.400. The van der Waals surface area contributed by atoms with Gasteiger partial charge in [-0.3, -0.25) is 9.78 Å². The van der Waals surface area contributed by atoms with Crippen molar-refractivity contribution in [3.05, 3.63) is 33.2 Å². The average Bonchev–Trinajstić information content (AvgIpc) is 3.77. The molecule has 3 aromatic rings. The van der Waals surface area contributed by atoms with E-state index in [1.807, 2.05) is 0 Å². The number of fused-ring (bicyclic) bond motifs is 1. The Bertz CT molecular complexity index is 1550. The van der Waals surface area contributed by atoms with Gasteiger partial charge >= 0.3 is 5.69 Å². The third-order valence-electron chi connectivity index (χ3n) is 7.05. The molecule has 36 heavy (non-hydrogen) atoms. The Morgan fingerprint density at radius 3 is 2.58 bits per heavy atom. The number of nitrogens with one attached hydrogen (secondary N) is 4. The van der Waals surface area contributed by atoms with Crippen LogP contribution in [-0.2, 0) is 4.79 Å². The fraction of sp³-hybridized carbons (Fsp3) is 0.522. The fourth-order valence-corrected chi connectivity index (χ4v) is 4.55. The standard InChI is InChI=1S/C23H26N10O3/c24-11-23(7-8-23)19(35)26-13-1-3-14(4-2-13)27-20-30-17-12(9-16-18(34)31-22(36)29-16)10-25-33(17)21(32-20)28-15-5-6-15/h9-10,13-15,34H,1-8H2,(H,26,35)(H,27,28,32)(H2,29,31,36)/b12-9-. The van der Waals surface area contributed by atoms with E-state index in [1.54, 1.807) is 16.8 Å². The normalized spacial score (nSPS) is 24.0. The number of amides is 1. The van der Waals surface area contributed by atoms with E-state index in [9.17, 15) is 20.0 Å². The highest BCUT2D eigenvalue weighted by Gasteiger charge is 2.51. The second kappa shape index (κ2) is 8.47. The summed E-state index contributed by atoms with van der Waals surface area (Å²) >= 11 is 0. The van der Waals surface area contributed by atoms with Crippen LogP contribution in [-0.4, -0.2) is 58.7 Å². The molecule has 6 rings (SSSR count). The number of carbonyl (C=O) groups excluding carboxylic acids is 1. The van der Waals surface area contributed by atoms with Gasteiger partial charge in [-0.1, -0.05) is 0 Å². The van der Waals surface area contributed by atoms with Crippen LogP contribution in [0.5, 0.6) is 5.88 Å². The Hall–Kier alpha value is -4.21. The maximum atomic E-state index is 12.4. The maximum absolute atomic E-state index is 12.4. The van der Waals surface area contributed by atoms with Gasteiger partial charge in [0.05, 0.1) is 18.3 Å². The first-order valence-electron chi connectivity index (χ1n) is 12.2. The van der Waals surface area contributed by atoms with Crippen LogP contribution in [0.15, 0.2) is 16.0 Å². The second-order valence-corrected chi connectivity index (χ2v) is 9.89. The maximum Gasteiger partial charge on any atom is 0.326 e. The molecule has 3 aliphatic rings. The third-order valence-corrected chi connectivity index (χ3v) is 7.05. The number of hydrogen-bond donors (Lipinski definition) is 5. The number of nitriles is 1. The summed E-state index contributed by atoms with van der Waals surface area (Å²) in [5, 5.41) is 30.6. The van der Waals surface area contributed by atoms with Crippen LogP contribution in [0.2, 0.25) is 0 Å². The zero-order valence-electron chi connectivity index (χ0n) is 19.5. The highest BCUT2D eigenvalue weighted by atomic mass is 16.3. The molecule has 5 N–H and O–H groups in total. The number of aromatic hydroxyl groups is 1. The largest absolute Gasteiger partial charge is 0.493 e. The summed E-state index contributed by atoms with van der Waals surface area (Å²) in [6.45, 7) is 0. The molecule has 13 heteroatoms. The number of nitrogens with zero attached hydrogens (tertiary/aromatic N) is 6. The van der Waals surface area contributed by atoms with Gasteiger partial charge in [-0.15, -0.1) is 0 Å². The first-order valence-corrected chi connectivity index (χ1v) is 12.2. The van der Waals surface area contributed by atoms with Crippen molar-refractivity contribution >= 4 is 23.6 Å². The van der Waals surface area contributed by atoms with Crippen LogP contribution in [0.25, 0.3) is 11.7 Å². The highest BCUT2D eigenvalue weighted by Crippen LogP contribution is 2.45. The number of rotatable bonds is 6. The number of imidazole rings is 1. The van der Waals surface area contributed by atoms with Gasteiger partial charge in [0.15, 0.2) is 5.65 Å². The molecule has 3 saturated carbocycles. The predicted molar refractivity (Wildman–Crippen MR) is 126 cm³/mol. The summed E-state index contributed by atoms with van der Waals surface area (Å²) in [5.74, 6) is 0.0273. The Kier molecular flexibility index (Phi) is 5.24. The molecular formula is C23H26N10O3. The monoisotopic (exact) mass is 490 g/mol. The van der Waals surface area contributed by atoms with Crippen molar-refractivity contribution in [2.45, 2.75) is 69.5 Å². The van der Waals surface area contributed by atoms with E-state index in [4.69, 9.17) is 0 Å². The molecule has 0 spiro atoms. The first-order chi connectivity index (χ1) is 17.4. The van der Waals surface area contributed by atoms with Crippen molar-refractivity contribution in [2.75, 3.05) is 5.32 Å². The van der Waals surface area contributed by atoms with Crippen molar-refractivity contribution in [2.24, 2.45) is 10.4 Å². The molecular weight excluding hydrogens is 464 g/mol. The van der Waals surface area contributed by atoms with Gasteiger partial charge < -0.3 is 20.7 Å². The molecule has 0 aromatic carbocycles. The Morgan fingerprint density at radius 1 is 1.19 bits per heavy atom. The topological polar surface area (TPSA) is 189 Å². The van der Waals surface area contributed by atoms with Crippen molar-refractivity contribution in [1.29, 1.82) is 5.26 Å². The van der Waals surface area contributed by atoms with Crippen LogP contribution >= 0.6 is 0 Å². The van der Waals surface area contributed by atoms with E-state index in [0.29, 0.717) is 35.3 Å². The lowest BCUT2D eigenvalue weighted by molar-refractivity contribution is -0.125. The summed E-state index contributed by atoms with van der Waals surface area (Å²) in [6, 6.07) is 2.56. The van der Waals surface area contributed by atoms with Gasteiger partial charge in [0, 0.05) is 17.3 Å². The van der Waals surface area contributed by atoms with Gasteiger partial charge in [0.25, 0.3) is 5.62 Å². The summed E-state index contributed by atoms with van der Waals surface area (Å²) in [6.07, 6.45) is 9.75. The first kappa shape index (κ1) is 22.3. The average molecular weight is 491 g/mol. The minimum absolute atomic E-state index is 0.0671. The molecule has 3 heterocycles. The van der Waals surface area contributed by atoms with E-state index in [1.165, 1.54) is 0 Å². The molecule has 3 aliphatic carbocycles. The molecule has 0 atom stereocenters. The van der Waals surface area contributed by atoms with Crippen molar-refractivity contribution in [1.82, 2.24) is 34.9 Å². The zero-order chi connectivity index (χ0) is 24.9. The molecule has 1 amide bonds. The molecule has 3 aromatic heterocycles. The minimum atomic E-state index is -0.802. The van der Waals surface area contributed by atoms with Gasteiger partial charge in [-0.25, -0.2) is 9.79 Å². The quantitative estimate of drug-likeness (QED) is 0.308. The third kappa shape index (κ3) is 4.30. The minimum Gasteiger partial charge on any atom is -0.493 e. The lowest BCUT2D eigenvalue weighted by Gasteiger charge is -2.30. The molecule has 0 radical (unpaired) electrons. The Morgan fingerprint density at radius 2 is 1.94 bits per heavy atom. The van der Waals surface area contributed by atoms with Gasteiger partial charge in [-0.05, 0) is 57.4 Å². The highest BCUT2D eigenvalue weighted by molar-refractivity contribution is 5.88. The van der Waals surface area contributed by atoms with E-state index < -0.39 is 11.1 Å². The van der Waals surface area contributed by atoms with Crippen LogP contribution in [0.3, 0.4) is 0 Å². The number of anilines is 1. The van der Waals surface area contributed by atoms with Crippen molar-refractivity contribution < 1.29 is 9.90 Å². The van der Waals surface area contributed by atoms with Crippen LogP contribution in [0.1, 0.15) is 57.1 Å². The molecule has 0 saturated heterocycles. The molecule has 3 fully saturated rings. The smallest absolute Gasteiger partial charge is 0.326 e. The van der Waals surface area contributed by atoms with Gasteiger partial charge in [-0.2, -0.15) is 24.8 Å². The fourth-order valence-electron chi connectivity index (χ4n) is 4.55. The lowest BCUT2D eigenvalue weighted by atomic mass is 9.90. The molecule has 0 unspecified atom stereocenters. The number of aromatic nitrogens is 6. The van der Waals surface area contributed by atoms with E-state index in [2.05, 4.69) is 46.7 Å². The van der Waals surface area contributed by atoms with E-state index in [-0.39, 0.29) is 35.6 Å². The van der Waals surface area contributed by atoms with E-state index in [0.717, 1.165) is 38.5 Å². The van der Waals surface area contributed by atoms with Gasteiger partial charge in [0.1, 0.15) is 11.1 Å². The van der Waals surface area contributed by atoms with Crippen molar-refractivity contribution in [3.63, 3.8) is 0 Å². The number of hydrogen-bond acceptors (Lipinski definition) is 9. The Labute approximate surface area is 204 Å². The molecule has 186 valence electrons. The molecule has 0 aliphatic heterocycles. The summed E-state index contributed by atoms with van der Waals surface area (Å²) in [4.78, 5) is 42.7. The Balaban J connectivity index is 1.23. The van der Waals surface area contributed by atoms with Gasteiger partial charge in [0.2, 0.25) is 17.7 Å². The van der Waals surface area contributed by atoms with Crippen LogP contribution < -0.4 is 27.2 Å². The van der Waals surface area contributed by atoms with Crippen molar-refractivity contribution in [3.8, 4) is 11.9 Å². The van der Waals surface area contributed by atoms with E-state index >= 15 is 0 Å². The summed E-state index contributed by atoms with van der Waals surface area (Å²) in [7, 11) is 0. The summed E-state index contributed by atoms with van der Waals surface area (Å²) in [5.41, 5.74) is -0.134. The number of carbonyl (C=O) groups is 1. The molecule has 13 nitrogen and oxygen atoms in total. The number of H-pyrrole nitrogens is 2.